The van der Waals surface area contributed by atoms with Gasteiger partial charge in [0, 0.05) is 0 Å². The maximum atomic E-state index is 11.9. The van der Waals surface area contributed by atoms with E-state index >= 15 is 0 Å². The fourth-order valence-electron chi connectivity index (χ4n) is 2.76. The monoisotopic (exact) mass is 352 g/mol. The van der Waals surface area contributed by atoms with Crippen LogP contribution in [-0.4, -0.2) is 37.3 Å². The first-order valence-corrected chi connectivity index (χ1v) is 8.05. The number of fused-ring (bicyclic) bond motifs is 1. The van der Waals surface area contributed by atoms with Crippen LogP contribution in [0.2, 0.25) is 0 Å². The summed E-state index contributed by atoms with van der Waals surface area (Å²) in [6.45, 7) is 1.98. The van der Waals surface area contributed by atoms with Crippen LogP contribution in [0.4, 0.5) is 0 Å². The lowest BCUT2D eigenvalue weighted by Crippen LogP contribution is -2.01. The van der Waals surface area contributed by atoms with Gasteiger partial charge in [-0.3, -0.25) is 0 Å². The number of carbonyl (C=O) groups is 1. The number of imidazole rings is 1. The van der Waals surface area contributed by atoms with Crippen molar-refractivity contribution in [1.82, 2.24) is 9.97 Å². The molecule has 6 heteroatoms. The fraction of sp³-hybridized carbons (Fsp3) is 0.200. The Morgan fingerprint density at radius 1 is 1.08 bits per heavy atom. The summed E-state index contributed by atoms with van der Waals surface area (Å²) < 4.78 is 15.4. The average Bonchev–Trinajstić information content (AvgIpc) is 3.08. The van der Waals surface area contributed by atoms with Gasteiger partial charge in [-0.2, -0.15) is 0 Å². The first-order chi connectivity index (χ1) is 12.6. The third-order valence-electron chi connectivity index (χ3n) is 4.13. The molecule has 1 N–H and O–H groups in total. The van der Waals surface area contributed by atoms with Crippen LogP contribution >= 0.6 is 0 Å². The van der Waals surface area contributed by atoms with E-state index in [4.69, 9.17) is 14.2 Å². The molecule has 3 aromatic rings. The van der Waals surface area contributed by atoms with Crippen LogP contribution in [0, 0.1) is 0 Å². The molecule has 0 radical (unpaired) electrons. The zero-order valence-corrected chi connectivity index (χ0v) is 15.1. The molecule has 0 spiro atoms. The summed E-state index contributed by atoms with van der Waals surface area (Å²) in [5, 5.41) is 0. The number of para-hydroxylation sites is 1. The van der Waals surface area contributed by atoms with E-state index in [-0.39, 0.29) is 0 Å². The number of aromatic nitrogens is 2. The molecule has 0 aliphatic rings. The van der Waals surface area contributed by atoms with Crippen molar-refractivity contribution in [3.05, 3.63) is 53.3 Å². The minimum Gasteiger partial charge on any atom is -0.493 e. The van der Waals surface area contributed by atoms with Gasteiger partial charge in [0.05, 0.1) is 32.4 Å². The van der Waals surface area contributed by atoms with E-state index in [1.165, 1.54) is 7.11 Å². The Morgan fingerprint density at radius 2 is 1.85 bits per heavy atom. The number of carbonyl (C=O) groups excluding carboxylic acids is 1. The van der Waals surface area contributed by atoms with Crippen molar-refractivity contribution in [1.29, 1.82) is 0 Å². The highest BCUT2D eigenvalue weighted by Crippen LogP contribution is 2.31. The van der Waals surface area contributed by atoms with E-state index in [0.717, 1.165) is 16.7 Å². The number of rotatable bonds is 5. The van der Waals surface area contributed by atoms with Gasteiger partial charge >= 0.3 is 5.97 Å². The smallest absolute Gasteiger partial charge is 0.340 e. The highest BCUT2D eigenvalue weighted by molar-refractivity contribution is 6.02. The molecule has 0 amide bonds. The van der Waals surface area contributed by atoms with Gasteiger partial charge in [-0.25, -0.2) is 9.78 Å². The lowest BCUT2D eigenvalue weighted by molar-refractivity contribution is 0.0603. The van der Waals surface area contributed by atoms with Crippen LogP contribution < -0.4 is 9.47 Å². The maximum Gasteiger partial charge on any atom is 0.340 e. The number of ether oxygens (including phenoxy) is 3. The van der Waals surface area contributed by atoms with E-state index in [1.807, 2.05) is 37.3 Å². The van der Waals surface area contributed by atoms with E-state index in [9.17, 15) is 4.79 Å². The Morgan fingerprint density at radius 3 is 2.54 bits per heavy atom. The second-order valence-corrected chi connectivity index (χ2v) is 5.71. The number of nitrogens with one attached hydrogen (secondary N) is 1. The van der Waals surface area contributed by atoms with Crippen molar-refractivity contribution in [3.63, 3.8) is 0 Å². The molecule has 0 aliphatic carbocycles. The van der Waals surface area contributed by atoms with Crippen LogP contribution in [-0.2, 0) is 4.74 Å². The van der Waals surface area contributed by atoms with Gasteiger partial charge in [-0.1, -0.05) is 12.1 Å². The van der Waals surface area contributed by atoms with Crippen molar-refractivity contribution in [2.75, 3.05) is 21.3 Å². The van der Waals surface area contributed by atoms with E-state index in [2.05, 4.69) is 9.97 Å². The molecule has 0 atom stereocenters. The zero-order valence-electron chi connectivity index (χ0n) is 15.1. The second kappa shape index (κ2) is 7.31. The number of hydrogen-bond donors (Lipinski definition) is 1. The summed E-state index contributed by atoms with van der Waals surface area (Å²) in [4.78, 5) is 19.6. The summed E-state index contributed by atoms with van der Waals surface area (Å²) in [6, 6.07) is 11.1. The minimum atomic E-state index is -0.408. The Hall–Kier alpha value is -3.28. The van der Waals surface area contributed by atoms with Crippen LogP contribution in [0.5, 0.6) is 11.5 Å². The maximum absolute atomic E-state index is 11.9. The number of H-pyrrole nitrogens is 1. The number of nitrogens with zero attached hydrogens (tertiary/aromatic N) is 1. The van der Waals surface area contributed by atoms with Gasteiger partial charge in [0.25, 0.3) is 0 Å². The first kappa shape index (κ1) is 17.5. The number of benzene rings is 2. The van der Waals surface area contributed by atoms with Gasteiger partial charge in [0.1, 0.15) is 11.3 Å². The van der Waals surface area contributed by atoms with Crippen LogP contribution in [0.25, 0.3) is 22.7 Å². The highest BCUT2D eigenvalue weighted by atomic mass is 16.5. The topological polar surface area (TPSA) is 73.4 Å². The summed E-state index contributed by atoms with van der Waals surface area (Å²) in [5.41, 5.74) is 3.77. The van der Waals surface area contributed by atoms with Crippen LogP contribution in [0.3, 0.4) is 0 Å². The highest BCUT2D eigenvalue weighted by Gasteiger charge is 2.13. The van der Waals surface area contributed by atoms with Crippen molar-refractivity contribution < 1.29 is 19.0 Å². The Bertz CT molecular complexity index is 989. The lowest BCUT2D eigenvalue weighted by atomic mass is 10.1. The lowest BCUT2D eigenvalue weighted by Gasteiger charge is -2.09. The standard InChI is InChI=1S/C20H20N2O4/c1-12(13-8-9-16(24-2)17(11-13)25-3)10-18-21-15-7-5-6-14(19(15)22-18)20(23)26-4/h5-11H,1-4H3,(H,21,22). The molecular weight excluding hydrogens is 332 g/mol. The van der Waals surface area contributed by atoms with Crippen molar-refractivity contribution >= 4 is 28.7 Å². The van der Waals surface area contributed by atoms with Gasteiger partial charge in [0.15, 0.2) is 11.5 Å². The fourth-order valence-corrected chi connectivity index (χ4v) is 2.76. The SMILES string of the molecule is COC(=O)c1cccc2[nH]c(C=C(C)c3ccc(OC)c(OC)c3)nc12. The molecule has 6 nitrogen and oxygen atoms in total. The molecule has 3 rings (SSSR count). The minimum absolute atomic E-state index is 0.408. The normalized spacial score (nSPS) is 11.5. The van der Waals surface area contributed by atoms with Crippen molar-refractivity contribution in [3.8, 4) is 11.5 Å². The molecule has 0 unspecified atom stereocenters. The molecular formula is C20H20N2O4. The van der Waals surface area contributed by atoms with E-state index in [1.54, 1.807) is 26.4 Å². The first-order valence-electron chi connectivity index (χ1n) is 8.05. The molecule has 134 valence electrons. The Labute approximate surface area is 151 Å². The predicted octanol–water partition coefficient (Wildman–Crippen LogP) is 3.93. The average molecular weight is 352 g/mol. The molecule has 0 fully saturated rings. The second-order valence-electron chi connectivity index (χ2n) is 5.71. The number of hydrogen-bond acceptors (Lipinski definition) is 5. The molecule has 2 aromatic carbocycles. The Balaban J connectivity index is 2.00. The van der Waals surface area contributed by atoms with Gasteiger partial charge in [-0.05, 0) is 48.4 Å². The van der Waals surface area contributed by atoms with Crippen molar-refractivity contribution in [2.24, 2.45) is 0 Å². The largest absolute Gasteiger partial charge is 0.493 e. The zero-order chi connectivity index (χ0) is 18.7. The summed E-state index contributed by atoms with van der Waals surface area (Å²) in [5.74, 6) is 1.59. The number of esters is 1. The molecule has 1 aromatic heterocycles. The third-order valence-corrected chi connectivity index (χ3v) is 4.13. The predicted molar refractivity (Wildman–Crippen MR) is 101 cm³/mol. The summed E-state index contributed by atoms with van der Waals surface area (Å²) in [7, 11) is 4.57. The molecule has 0 aliphatic heterocycles. The Kier molecular flexibility index (Phi) is 4.93. The molecule has 0 bridgehead atoms. The van der Waals surface area contributed by atoms with Crippen LogP contribution in [0.15, 0.2) is 36.4 Å². The molecule has 1 heterocycles. The van der Waals surface area contributed by atoms with Gasteiger partial charge < -0.3 is 19.2 Å². The molecule has 26 heavy (non-hydrogen) atoms. The van der Waals surface area contributed by atoms with E-state index in [0.29, 0.717) is 28.4 Å². The quantitative estimate of drug-likeness (QED) is 0.704. The number of methoxy groups -OCH3 is 3. The third kappa shape index (κ3) is 3.26. The number of aromatic amines is 1. The molecule has 0 saturated carbocycles. The molecule has 0 saturated heterocycles. The van der Waals surface area contributed by atoms with Crippen molar-refractivity contribution in [2.45, 2.75) is 6.92 Å². The van der Waals surface area contributed by atoms with E-state index < -0.39 is 5.97 Å². The van der Waals surface area contributed by atoms with Crippen LogP contribution in [0.1, 0.15) is 28.7 Å². The summed E-state index contributed by atoms with van der Waals surface area (Å²) in [6.07, 6.45) is 1.92. The van der Waals surface area contributed by atoms with Gasteiger partial charge in [-0.15, -0.1) is 0 Å². The van der Waals surface area contributed by atoms with Gasteiger partial charge in [0.2, 0.25) is 0 Å². The number of allylic oxidation sites excluding steroid dienone is 1. The summed E-state index contributed by atoms with van der Waals surface area (Å²) >= 11 is 0.